The molecular formula is C17H20N2S. The van der Waals surface area contributed by atoms with Gasteiger partial charge in [0.2, 0.25) is 0 Å². The molecular weight excluding hydrogens is 264 g/mol. The molecule has 0 unspecified atom stereocenters. The van der Waals surface area contributed by atoms with Crippen molar-refractivity contribution in [3.8, 4) is 11.8 Å². The van der Waals surface area contributed by atoms with E-state index in [4.69, 9.17) is 5.73 Å². The summed E-state index contributed by atoms with van der Waals surface area (Å²) in [6, 6.07) is 13.0. The number of aryl methyl sites for hydroxylation is 1. The maximum absolute atomic E-state index is 5.39. The van der Waals surface area contributed by atoms with Gasteiger partial charge in [-0.05, 0) is 36.2 Å². The molecule has 0 bridgehead atoms. The van der Waals surface area contributed by atoms with Gasteiger partial charge in [0.05, 0.1) is 18.0 Å². The Labute approximate surface area is 125 Å². The first-order valence-corrected chi connectivity index (χ1v) is 7.62. The Morgan fingerprint density at radius 1 is 1.15 bits per heavy atom. The lowest BCUT2D eigenvalue weighted by Gasteiger charge is -2.18. The van der Waals surface area contributed by atoms with Gasteiger partial charge in [0.25, 0.3) is 0 Å². The third kappa shape index (κ3) is 3.86. The van der Waals surface area contributed by atoms with Crippen molar-refractivity contribution in [2.75, 3.05) is 18.5 Å². The molecule has 1 heterocycles. The smallest absolute Gasteiger partial charge is 0.0772 e. The van der Waals surface area contributed by atoms with Crippen molar-refractivity contribution in [2.24, 2.45) is 5.73 Å². The lowest BCUT2D eigenvalue weighted by Crippen LogP contribution is -2.15. The van der Waals surface area contributed by atoms with Crippen LogP contribution in [0.2, 0.25) is 0 Å². The minimum Gasteiger partial charge on any atom is -0.369 e. The van der Waals surface area contributed by atoms with Crippen LogP contribution in [-0.2, 0) is 13.0 Å². The molecule has 2 N–H and O–H groups in total. The standard InChI is InChI=1S/C17H20N2S/c1-3-14-6-8-15(9-7-14)19(2)13-17-11-10-16(20-17)5-4-12-18/h6-11H,3,12-13,18H2,1-2H3. The minimum atomic E-state index is 0.414. The van der Waals surface area contributed by atoms with Gasteiger partial charge in [0.1, 0.15) is 0 Å². The van der Waals surface area contributed by atoms with Gasteiger partial charge in [-0.3, -0.25) is 0 Å². The summed E-state index contributed by atoms with van der Waals surface area (Å²) in [7, 11) is 2.12. The van der Waals surface area contributed by atoms with Crippen molar-refractivity contribution in [1.29, 1.82) is 0 Å². The van der Waals surface area contributed by atoms with Crippen molar-refractivity contribution in [2.45, 2.75) is 19.9 Å². The average Bonchev–Trinajstić information content (AvgIpc) is 2.92. The molecule has 0 amide bonds. The highest BCUT2D eigenvalue weighted by atomic mass is 32.1. The predicted octanol–water partition coefficient (Wildman–Crippen LogP) is 3.26. The molecule has 3 heteroatoms. The Morgan fingerprint density at radius 2 is 1.90 bits per heavy atom. The molecule has 0 fully saturated rings. The molecule has 2 aromatic rings. The van der Waals surface area contributed by atoms with Gasteiger partial charge in [-0.25, -0.2) is 0 Å². The van der Waals surface area contributed by atoms with Crippen LogP contribution in [0.4, 0.5) is 5.69 Å². The summed E-state index contributed by atoms with van der Waals surface area (Å²) in [4.78, 5) is 4.65. The van der Waals surface area contributed by atoms with Crippen LogP contribution in [0, 0.1) is 11.8 Å². The largest absolute Gasteiger partial charge is 0.369 e. The van der Waals surface area contributed by atoms with Gasteiger partial charge in [0, 0.05) is 17.6 Å². The first-order valence-electron chi connectivity index (χ1n) is 6.80. The van der Waals surface area contributed by atoms with Crippen molar-refractivity contribution < 1.29 is 0 Å². The number of nitrogens with zero attached hydrogens (tertiary/aromatic N) is 1. The van der Waals surface area contributed by atoms with Crippen LogP contribution in [0.15, 0.2) is 36.4 Å². The number of rotatable bonds is 4. The summed E-state index contributed by atoms with van der Waals surface area (Å²) in [5.41, 5.74) is 8.00. The quantitative estimate of drug-likeness (QED) is 0.873. The summed E-state index contributed by atoms with van der Waals surface area (Å²) in [5, 5.41) is 0. The maximum atomic E-state index is 5.39. The van der Waals surface area contributed by atoms with E-state index < -0.39 is 0 Å². The normalized spacial score (nSPS) is 9.95. The van der Waals surface area contributed by atoms with Gasteiger partial charge >= 0.3 is 0 Å². The zero-order valence-electron chi connectivity index (χ0n) is 12.0. The van der Waals surface area contributed by atoms with Crippen LogP contribution >= 0.6 is 11.3 Å². The molecule has 0 radical (unpaired) electrons. The highest BCUT2D eigenvalue weighted by molar-refractivity contribution is 7.12. The first-order chi connectivity index (χ1) is 9.72. The van der Waals surface area contributed by atoms with Crippen LogP contribution in [0.25, 0.3) is 0 Å². The molecule has 0 aliphatic carbocycles. The van der Waals surface area contributed by atoms with Crippen LogP contribution < -0.4 is 10.6 Å². The zero-order chi connectivity index (χ0) is 14.4. The molecule has 0 aliphatic heterocycles. The van der Waals surface area contributed by atoms with Crippen LogP contribution in [0.3, 0.4) is 0 Å². The van der Waals surface area contributed by atoms with E-state index in [0.29, 0.717) is 6.54 Å². The lowest BCUT2D eigenvalue weighted by atomic mass is 10.1. The fourth-order valence-electron chi connectivity index (χ4n) is 1.98. The molecule has 0 saturated heterocycles. The summed E-state index contributed by atoms with van der Waals surface area (Å²) in [6.45, 7) is 3.49. The van der Waals surface area contributed by atoms with E-state index in [-0.39, 0.29) is 0 Å². The first kappa shape index (κ1) is 14.6. The Kier molecular flexibility index (Phi) is 5.23. The SMILES string of the molecule is CCc1ccc(N(C)Cc2ccc(C#CCN)s2)cc1. The van der Waals surface area contributed by atoms with E-state index in [1.54, 1.807) is 11.3 Å². The van der Waals surface area contributed by atoms with Gasteiger partial charge in [-0.2, -0.15) is 0 Å². The van der Waals surface area contributed by atoms with E-state index in [1.165, 1.54) is 16.1 Å². The fraction of sp³-hybridized carbons (Fsp3) is 0.294. The third-order valence-corrected chi connectivity index (χ3v) is 4.14. The van der Waals surface area contributed by atoms with Crippen LogP contribution in [0.5, 0.6) is 0 Å². The summed E-state index contributed by atoms with van der Waals surface area (Å²) >= 11 is 1.73. The van der Waals surface area contributed by atoms with E-state index in [2.05, 4.69) is 67.1 Å². The van der Waals surface area contributed by atoms with E-state index >= 15 is 0 Å². The molecule has 0 atom stereocenters. The van der Waals surface area contributed by atoms with Gasteiger partial charge < -0.3 is 10.6 Å². The predicted molar refractivity (Wildman–Crippen MR) is 88.2 cm³/mol. The number of anilines is 1. The van der Waals surface area contributed by atoms with E-state index in [0.717, 1.165) is 17.8 Å². The molecule has 0 aliphatic rings. The summed E-state index contributed by atoms with van der Waals surface area (Å²) in [5.74, 6) is 5.97. The van der Waals surface area contributed by atoms with Crippen molar-refractivity contribution in [1.82, 2.24) is 0 Å². The molecule has 20 heavy (non-hydrogen) atoms. The molecule has 0 spiro atoms. The Balaban J connectivity index is 2.02. The zero-order valence-corrected chi connectivity index (χ0v) is 12.8. The number of nitrogens with two attached hydrogens (primary N) is 1. The number of hydrogen-bond donors (Lipinski definition) is 1. The topological polar surface area (TPSA) is 29.3 Å². The van der Waals surface area contributed by atoms with Crippen molar-refractivity contribution in [3.63, 3.8) is 0 Å². The second kappa shape index (κ2) is 7.14. The summed E-state index contributed by atoms with van der Waals surface area (Å²) in [6.07, 6.45) is 1.08. The monoisotopic (exact) mass is 284 g/mol. The Hall–Kier alpha value is -1.76. The number of benzene rings is 1. The maximum Gasteiger partial charge on any atom is 0.0772 e. The lowest BCUT2D eigenvalue weighted by molar-refractivity contribution is 0.939. The van der Waals surface area contributed by atoms with Crippen molar-refractivity contribution in [3.05, 3.63) is 51.7 Å². The fourth-order valence-corrected chi connectivity index (χ4v) is 2.92. The van der Waals surface area contributed by atoms with Crippen LogP contribution in [0.1, 0.15) is 22.2 Å². The van der Waals surface area contributed by atoms with Gasteiger partial charge in [-0.15, -0.1) is 11.3 Å². The Morgan fingerprint density at radius 3 is 2.55 bits per heavy atom. The van der Waals surface area contributed by atoms with Crippen molar-refractivity contribution >= 4 is 17.0 Å². The highest BCUT2D eigenvalue weighted by Crippen LogP contribution is 2.21. The molecule has 0 saturated carbocycles. The highest BCUT2D eigenvalue weighted by Gasteiger charge is 2.04. The second-order valence-electron chi connectivity index (χ2n) is 4.65. The average molecular weight is 284 g/mol. The van der Waals surface area contributed by atoms with E-state index in [1.807, 2.05) is 0 Å². The molecule has 104 valence electrons. The molecule has 1 aromatic carbocycles. The molecule has 2 rings (SSSR count). The minimum absolute atomic E-state index is 0.414. The Bertz CT molecular complexity index is 602. The van der Waals surface area contributed by atoms with E-state index in [9.17, 15) is 0 Å². The van der Waals surface area contributed by atoms with Gasteiger partial charge in [0.15, 0.2) is 0 Å². The molecule has 2 nitrogen and oxygen atoms in total. The number of hydrogen-bond acceptors (Lipinski definition) is 3. The number of thiophene rings is 1. The van der Waals surface area contributed by atoms with Crippen LogP contribution in [-0.4, -0.2) is 13.6 Å². The second-order valence-corrected chi connectivity index (χ2v) is 5.82. The molecule has 1 aromatic heterocycles. The summed E-state index contributed by atoms with van der Waals surface area (Å²) < 4.78 is 0. The third-order valence-electron chi connectivity index (χ3n) is 3.15. The van der Waals surface area contributed by atoms with Gasteiger partial charge in [-0.1, -0.05) is 30.9 Å².